The van der Waals surface area contributed by atoms with Crippen molar-refractivity contribution in [3.8, 4) is 0 Å². The predicted octanol–water partition coefficient (Wildman–Crippen LogP) is 5.85. The largest absolute Gasteiger partial charge is 0.465 e. The molecule has 0 bridgehead atoms. The van der Waals surface area contributed by atoms with Crippen LogP contribution in [0.25, 0.3) is 10.9 Å². The van der Waals surface area contributed by atoms with Crippen LogP contribution in [0, 0.1) is 6.92 Å². The highest BCUT2D eigenvalue weighted by Gasteiger charge is 2.28. The molecule has 0 radical (unpaired) electrons. The van der Waals surface area contributed by atoms with Crippen molar-refractivity contribution in [1.29, 1.82) is 0 Å². The van der Waals surface area contributed by atoms with Crippen LogP contribution >= 0.6 is 0 Å². The van der Waals surface area contributed by atoms with E-state index >= 15 is 0 Å². The van der Waals surface area contributed by atoms with Gasteiger partial charge in [-0.25, -0.2) is 9.59 Å². The normalized spacial score (nSPS) is 12.1. The quantitative estimate of drug-likeness (QED) is 0.246. The zero-order valence-corrected chi connectivity index (χ0v) is 24.8. The van der Waals surface area contributed by atoms with E-state index in [0.29, 0.717) is 36.2 Å². The van der Waals surface area contributed by atoms with Crippen LogP contribution in [0.4, 0.5) is 10.8 Å². The van der Waals surface area contributed by atoms with Crippen LogP contribution in [-0.4, -0.2) is 50.0 Å². The van der Waals surface area contributed by atoms with E-state index in [4.69, 9.17) is 4.42 Å². The van der Waals surface area contributed by atoms with Gasteiger partial charge in [-0.3, -0.25) is 9.69 Å². The van der Waals surface area contributed by atoms with E-state index in [1.165, 1.54) is 4.90 Å². The number of hydrogen-bond acceptors (Lipinski definition) is 6. The second kappa shape index (κ2) is 12.9. The van der Waals surface area contributed by atoms with Crippen molar-refractivity contribution in [3.63, 3.8) is 0 Å². The molecule has 0 saturated heterocycles. The number of nitrogens with one attached hydrogen (secondary N) is 1. The molecule has 2 N–H and O–H groups in total. The van der Waals surface area contributed by atoms with Gasteiger partial charge in [-0.1, -0.05) is 66.7 Å². The summed E-state index contributed by atoms with van der Waals surface area (Å²) in [6.45, 7) is 10.2. The molecule has 0 aliphatic heterocycles. The molecule has 0 aliphatic rings. The second-order valence-corrected chi connectivity index (χ2v) is 11.3. The van der Waals surface area contributed by atoms with Crippen molar-refractivity contribution in [1.82, 2.24) is 14.8 Å². The van der Waals surface area contributed by atoms with Crippen molar-refractivity contribution in [2.24, 2.45) is 0 Å². The highest BCUT2D eigenvalue weighted by molar-refractivity contribution is 5.86. The Hall–Kier alpha value is -4.66. The number of rotatable bonds is 10. The molecule has 0 aliphatic carbocycles. The van der Waals surface area contributed by atoms with Gasteiger partial charge in [0.1, 0.15) is 6.04 Å². The number of anilines is 1. The minimum atomic E-state index is -1.05. The number of aryl methyl sites for hydroxylation is 1. The molecule has 42 heavy (non-hydrogen) atoms. The van der Waals surface area contributed by atoms with Crippen molar-refractivity contribution in [2.75, 3.05) is 11.9 Å². The highest BCUT2D eigenvalue weighted by Crippen LogP contribution is 2.24. The number of carboxylic acid groups (broad SMARTS) is 1. The summed E-state index contributed by atoms with van der Waals surface area (Å²) in [6.07, 6.45) is -0.682. The van der Waals surface area contributed by atoms with Crippen LogP contribution in [-0.2, 0) is 24.3 Å². The molecule has 0 saturated carbocycles. The Morgan fingerprint density at radius 2 is 1.57 bits per heavy atom. The van der Waals surface area contributed by atoms with Crippen molar-refractivity contribution < 1.29 is 19.1 Å². The lowest BCUT2D eigenvalue weighted by atomic mass is 10.0. The zero-order chi connectivity index (χ0) is 30.4. The first-order chi connectivity index (χ1) is 20.0. The van der Waals surface area contributed by atoms with Gasteiger partial charge in [0.15, 0.2) is 0 Å². The molecule has 9 heteroatoms. The molecule has 1 atom stereocenters. The van der Waals surface area contributed by atoms with Crippen LogP contribution in [0.3, 0.4) is 0 Å². The first-order valence-electron chi connectivity index (χ1n) is 14.0. The number of benzene rings is 3. The van der Waals surface area contributed by atoms with E-state index in [1.54, 1.807) is 24.0 Å². The molecule has 1 aromatic heterocycles. The molecule has 9 nitrogen and oxygen atoms in total. The van der Waals surface area contributed by atoms with Crippen molar-refractivity contribution >= 4 is 28.9 Å². The minimum absolute atomic E-state index is 0.0495. The van der Waals surface area contributed by atoms with E-state index in [0.717, 1.165) is 11.1 Å². The average molecular weight is 571 g/mol. The van der Waals surface area contributed by atoms with E-state index < -0.39 is 23.3 Å². The Kier molecular flexibility index (Phi) is 9.30. The summed E-state index contributed by atoms with van der Waals surface area (Å²) in [7, 11) is 0. The van der Waals surface area contributed by atoms with E-state index in [9.17, 15) is 19.5 Å². The Balaban J connectivity index is 1.66. The smallest absolute Gasteiger partial charge is 0.408 e. The van der Waals surface area contributed by atoms with Gasteiger partial charge in [0.05, 0.1) is 10.9 Å². The molecule has 4 rings (SSSR count). The third kappa shape index (κ3) is 7.15. The SMILES string of the molecule is CCN(Cc1ccccc1)C(=O)C(Cc1ccccc1)Nc1nc2ccc(CN(C(=O)O)C(C)(C)C)c(C)c2c(=O)o1. The number of carbonyl (C=O) groups is 2. The topological polar surface area (TPSA) is 116 Å². The average Bonchev–Trinajstić information content (AvgIpc) is 2.95. The first-order valence-corrected chi connectivity index (χ1v) is 14.0. The molecule has 0 spiro atoms. The van der Waals surface area contributed by atoms with Gasteiger partial charge < -0.3 is 19.7 Å². The summed E-state index contributed by atoms with van der Waals surface area (Å²) < 4.78 is 5.62. The van der Waals surface area contributed by atoms with Crippen LogP contribution in [0.15, 0.2) is 82.0 Å². The maximum atomic E-state index is 13.8. The standard InChI is InChI=1S/C33H38N4O5/c1-6-36(20-24-15-11-8-12-16-24)29(38)27(19-23-13-9-7-10-14-23)35-31-34-26-18-17-25(22(2)28(26)30(39)42-31)21-37(32(40)41)33(3,4)5/h7-18,27H,6,19-21H2,1-5H3,(H,34,35)(H,40,41). The second-order valence-electron chi connectivity index (χ2n) is 11.3. The Labute approximate surface area is 245 Å². The summed E-state index contributed by atoms with van der Waals surface area (Å²) in [4.78, 5) is 46.6. The van der Waals surface area contributed by atoms with E-state index in [1.807, 2.05) is 88.4 Å². The lowest BCUT2D eigenvalue weighted by Crippen LogP contribution is -2.44. The van der Waals surface area contributed by atoms with Crippen molar-refractivity contribution in [2.45, 2.75) is 65.7 Å². The van der Waals surface area contributed by atoms with Crippen molar-refractivity contribution in [3.05, 3.63) is 105 Å². The highest BCUT2D eigenvalue weighted by atomic mass is 16.4. The van der Waals surface area contributed by atoms with E-state index in [-0.39, 0.29) is 23.9 Å². The summed E-state index contributed by atoms with van der Waals surface area (Å²) in [5, 5.41) is 13.1. The fourth-order valence-electron chi connectivity index (χ4n) is 4.93. The molecule has 220 valence electrons. The number of carbonyl (C=O) groups excluding carboxylic acids is 1. The summed E-state index contributed by atoms with van der Waals surface area (Å²) in [5.41, 5.74) is 2.42. The fourth-order valence-corrected chi connectivity index (χ4v) is 4.93. The summed E-state index contributed by atoms with van der Waals surface area (Å²) in [5.74, 6) is -0.141. The maximum absolute atomic E-state index is 13.8. The van der Waals surface area contributed by atoms with E-state index in [2.05, 4.69) is 10.3 Å². The van der Waals surface area contributed by atoms with Gasteiger partial charge in [0.25, 0.3) is 6.01 Å². The van der Waals surface area contributed by atoms with Gasteiger partial charge in [0, 0.05) is 31.6 Å². The third-order valence-electron chi connectivity index (χ3n) is 7.33. The number of hydrogen-bond donors (Lipinski definition) is 2. The molecule has 1 unspecified atom stereocenters. The molecule has 3 aromatic carbocycles. The molecule has 2 amide bonds. The van der Waals surface area contributed by atoms with Crippen LogP contribution in [0.2, 0.25) is 0 Å². The van der Waals surface area contributed by atoms with Crippen LogP contribution in [0.1, 0.15) is 49.9 Å². The number of amides is 2. The monoisotopic (exact) mass is 570 g/mol. The Morgan fingerprint density at radius 3 is 2.14 bits per heavy atom. The number of fused-ring (bicyclic) bond motifs is 1. The van der Waals surface area contributed by atoms with Crippen LogP contribution in [0.5, 0.6) is 0 Å². The van der Waals surface area contributed by atoms with Gasteiger partial charge in [-0.2, -0.15) is 4.98 Å². The lowest BCUT2D eigenvalue weighted by Gasteiger charge is -2.33. The molecular weight excluding hydrogens is 532 g/mol. The summed E-state index contributed by atoms with van der Waals surface area (Å²) in [6, 6.07) is 22.1. The zero-order valence-electron chi connectivity index (χ0n) is 24.8. The summed E-state index contributed by atoms with van der Waals surface area (Å²) >= 11 is 0. The molecular formula is C33H38N4O5. The molecule has 1 heterocycles. The Morgan fingerprint density at radius 1 is 0.952 bits per heavy atom. The first kappa shape index (κ1) is 30.3. The number of aromatic nitrogens is 1. The van der Waals surface area contributed by atoms with Gasteiger partial charge in [-0.15, -0.1) is 0 Å². The lowest BCUT2D eigenvalue weighted by molar-refractivity contribution is -0.132. The number of likely N-dealkylation sites (N-methyl/N-ethyl adjacent to an activating group) is 1. The Bertz CT molecular complexity index is 1600. The van der Waals surface area contributed by atoms with Crippen LogP contribution < -0.4 is 10.9 Å². The molecule has 0 fully saturated rings. The fraction of sp³-hybridized carbons (Fsp3) is 0.333. The molecule has 4 aromatic rings. The van der Waals surface area contributed by atoms with Gasteiger partial charge >= 0.3 is 11.7 Å². The predicted molar refractivity (Wildman–Crippen MR) is 163 cm³/mol. The minimum Gasteiger partial charge on any atom is -0.465 e. The van der Waals surface area contributed by atoms with Gasteiger partial charge in [0.2, 0.25) is 5.91 Å². The number of nitrogens with zero attached hydrogens (tertiary/aromatic N) is 3. The maximum Gasteiger partial charge on any atom is 0.408 e. The third-order valence-corrected chi connectivity index (χ3v) is 7.33. The van der Waals surface area contributed by atoms with Gasteiger partial charge in [-0.05, 0) is 62.9 Å².